The number of hydrogen-bond donors (Lipinski definition) is 0. The van der Waals surface area contributed by atoms with Gasteiger partial charge < -0.3 is 4.90 Å². The highest BCUT2D eigenvalue weighted by Crippen LogP contribution is 2.40. The minimum absolute atomic E-state index is 0.0384. The first-order chi connectivity index (χ1) is 12.6. The van der Waals surface area contributed by atoms with Crippen molar-refractivity contribution in [3.8, 4) is 0 Å². The van der Waals surface area contributed by atoms with E-state index in [0.717, 1.165) is 45.1 Å². The molecule has 3 amide bonds. The van der Waals surface area contributed by atoms with E-state index in [2.05, 4.69) is 6.92 Å². The second kappa shape index (κ2) is 6.86. The van der Waals surface area contributed by atoms with Gasteiger partial charge in [0.05, 0.1) is 17.5 Å². The Hall–Kier alpha value is -2.17. The standard InChI is InChI=1S/C21H26N2O3/c1-14-6-4-5-13-22(14)19(24)15-9-11-16(12-10-15)23-20(25)17-7-2-3-8-18(17)21(23)26/h9-12,14,17-18H,2-8,13H2,1H3. The molecule has 0 radical (unpaired) electrons. The van der Waals surface area contributed by atoms with Crippen LogP contribution in [0.5, 0.6) is 0 Å². The first-order valence-electron chi connectivity index (χ1n) is 9.87. The van der Waals surface area contributed by atoms with Gasteiger partial charge in [-0.1, -0.05) is 12.8 Å². The van der Waals surface area contributed by atoms with Crippen LogP contribution in [0.1, 0.15) is 62.2 Å². The monoisotopic (exact) mass is 354 g/mol. The number of likely N-dealkylation sites (tertiary alicyclic amines) is 1. The minimum Gasteiger partial charge on any atom is -0.336 e. The third kappa shape index (κ3) is 2.83. The lowest BCUT2D eigenvalue weighted by molar-refractivity contribution is -0.122. The van der Waals surface area contributed by atoms with Gasteiger partial charge in [-0.15, -0.1) is 0 Å². The maximum Gasteiger partial charge on any atom is 0.254 e. The van der Waals surface area contributed by atoms with Gasteiger partial charge in [0, 0.05) is 18.2 Å². The van der Waals surface area contributed by atoms with Crippen LogP contribution in [-0.4, -0.2) is 35.2 Å². The number of fused-ring (bicyclic) bond motifs is 1. The number of imide groups is 1. The fourth-order valence-corrected chi connectivity index (χ4v) is 4.74. The van der Waals surface area contributed by atoms with Crippen LogP contribution in [0.4, 0.5) is 5.69 Å². The summed E-state index contributed by atoms with van der Waals surface area (Å²) < 4.78 is 0. The molecule has 3 aliphatic rings. The van der Waals surface area contributed by atoms with Gasteiger partial charge in [0.25, 0.3) is 5.91 Å². The maximum absolute atomic E-state index is 12.8. The Bertz CT molecular complexity index is 703. The van der Waals surface area contributed by atoms with Gasteiger partial charge in [-0.05, 0) is 63.3 Å². The largest absolute Gasteiger partial charge is 0.336 e. The van der Waals surface area contributed by atoms with Crippen molar-refractivity contribution in [1.82, 2.24) is 4.90 Å². The molecule has 5 heteroatoms. The molecule has 2 aliphatic heterocycles. The summed E-state index contributed by atoms with van der Waals surface area (Å²) in [7, 11) is 0. The maximum atomic E-state index is 12.8. The summed E-state index contributed by atoms with van der Waals surface area (Å²) in [6, 6.07) is 7.26. The average Bonchev–Trinajstić information content (AvgIpc) is 2.93. The fraction of sp³-hybridized carbons (Fsp3) is 0.571. The summed E-state index contributed by atoms with van der Waals surface area (Å²) in [5.41, 5.74) is 1.22. The first-order valence-corrected chi connectivity index (χ1v) is 9.87. The summed E-state index contributed by atoms with van der Waals surface area (Å²) in [5, 5.41) is 0. The van der Waals surface area contributed by atoms with Crippen LogP contribution in [0, 0.1) is 11.8 Å². The summed E-state index contributed by atoms with van der Waals surface area (Å²) >= 11 is 0. The lowest BCUT2D eigenvalue weighted by atomic mass is 9.81. The summed E-state index contributed by atoms with van der Waals surface area (Å²) in [6.07, 6.45) is 6.94. The summed E-state index contributed by atoms with van der Waals surface area (Å²) in [4.78, 5) is 41.4. The molecule has 5 nitrogen and oxygen atoms in total. The second-order valence-corrected chi connectivity index (χ2v) is 7.90. The van der Waals surface area contributed by atoms with Gasteiger partial charge in [-0.2, -0.15) is 0 Å². The number of anilines is 1. The van der Waals surface area contributed by atoms with E-state index in [-0.39, 0.29) is 35.6 Å². The molecule has 1 saturated carbocycles. The molecule has 4 rings (SSSR count). The van der Waals surface area contributed by atoms with E-state index in [1.165, 1.54) is 11.3 Å². The van der Waals surface area contributed by atoms with Crippen molar-refractivity contribution >= 4 is 23.4 Å². The third-order valence-electron chi connectivity index (χ3n) is 6.28. The normalized spacial score (nSPS) is 29.0. The fourth-order valence-electron chi connectivity index (χ4n) is 4.74. The number of piperidine rings is 1. The van der Waals surface area contributed by atoms with E-state index >= 15 is 0 Å². The number of carbonyl (C=O) groups excluding carboxylic acids is 3. The predicted molar refractivity (Wildman–Crippen MR) is 98.7 cm³/mol. The van der Waals surface area contributed by atoms with Crippen molar-refractivity contribution in [1.29, 1.82) is 0 Å². The second-order valence-electron chi connectivity index (χ2n) is 7.90. The summed E-state index contributed by atoms with van der Waals surface area (Å²) in [6.45, 7) is 2.89. The van der Waals surface area contributed by atoms with E-state index in [1.54, 1.807) is 24.3 Å². The highest BCUT2D eigenvalue weighted by Gasteiger charge is 2.48. The van der Waals surface area contributed by atoms with E-state index in [9.17, 15) is 14.4 Å². The van der Waals surface area contributed by atoms with Crippen molar-refractivity contribution < 1.29 is 14.4 Å². The lowest BCUT2D eigenvalue weighted by Crippen LogP contribution is -2.42. The molecule has 1 aliphatic carbocycles. The Morgan fingerprint density at radius 2 is 1.46 bits per heavy atom. The smallest absolute Gasteiger partial charge is 0.254 e. The van der Waals surface area contributed by atoms with Gasteiger partial charge >= 0.3 is 0 Å². The van der Waals surface area contributed by atoms with Gasteiger partial charge in [0.2, 0.25) is 11.8 Å². The molecule has 0 N–H and O–H groups in total. The van der Waals surface area contributed by atoms with Gasteiger partial charge in [-0.3, -0.25) is 19.3 Å². The van der Waals surface area contributed by atoms with Gasteiger partial charge in [-0.25, -0.2) is 0 Å². The molecule has 0 bridgehead atoms. The summed E-state index contributed by atoms with van der Waals surface area (Å²) in [5.74, 6) is -0.387. The Morgan fingerprint density at radius 1 is 0.885 bits per heavy atom. The van der Waals surface area contributed by atoms with Crippen LogP contribution in [0.3, 0.4) is 0 Å². The zero-order valence-corrected chi connectivity index (χ0v) is 15.3. The molecule has 0 spiro atoms. The van der Waals surface area contributed by atoms with Gasteiger partial charge in [0.1, 0.15) is 0 Å². The molecular weight excluding hydrogens is 328 g/mol. The molecule has 2 saturated heterocycles. The first kappa shape index (κ1) is 17.3. The number of carbonyl (C=O) groups is 3. The number of nitrogens with zero attached hydrogens (tertiary/aromatic N) is 2. The highest BCUT2D eigenvalue weighted by atomic mass is 16.2. The zero-order valence-electron chi connectivity index (χ0n) is 15.3. The molecular formula is C21H26N2O3. The Labute approximate surface area is 154 Å². The number of rotatable bonds is 2. The molecule has 2 heterocycles. The Kier molecular flexibility index (Phi) is 4.55. The van der Waals surface area contributed by atoms with Crippen molar-refractivity contribution in [2.24, 2.45) is 11.8 Å². The Balaban J connectivity index is 1.53. The molecule has 1 aromatic carbocycles. The van der Waals surface area contributed by atoms with Gasteiger partial charge in [0.15, 0.2) is 0 Å². The topological polar surface area (TPSA) is 57.7 Å². The van der Waals surface area contributed by atoms with Crippen molar-refractivity contribution in [3.05, 3.63) is 29.8 Å². The molecule has 0 aromatic heterocycles. The van der Waals surface area contributed by atoms with E-state index in [4.69, 9.17) is 0 Å². The van der Waals surface area contributed by atoms with Crippen molar-refractivity contribution in [2.75, 3.05) is 11.4 Å². The average molecular weight is 354 g/mol. The van der Waals surface area contributed by atoms with Crippen LogP contribution in [0.15, 0.2) is 24.3 Å². The van der Waals surface area contributed by atoms with Crippen molar-refractivity contribution in [2.45, 2.75) is 57.9 Å². The van der Waals surface area contributed by atoms with Crippen LogP contribution in [-0.2, 0) is 9.59 Å². The molecule has 3 unspecified atom stereocenters. The molecule has 26 heavy (non-hydrogen) atoms. The van der Waals surface area contributed by atoms with E-state index in [1.807, 2.05) is 4.90 Å². The van der Waals surface area contributed by atoms with Crippen LogP contribution in [0.2, 0.25) is 0 Å². The molecule has 138 valence electrons. The zero-order chi connectivity index (χ0) is 18.3. The Morgan fingerprint density at radius 3 is 2.04 bits per heavy atom. The molecule has 1 aromatic rings. The quantitative estimate of drug-likeness (QED) is 0.765. The minimum atomic E-state index is -0.147. The highest BCUT2D eigenvalue weighted by molar-refractivity contribution is 6.22. The molecule has 3 atom stereocenters. The lowest BCUT2D eigenvalue weighted by Gasteiger charge is -2.33. The van der Waals surface area contributed by atoms with Crippen LogP contribution >= 0.6 is 0 Å². The van der Waals surface area contributed by atoms with Crippen LogP contribution in [0.25, 0.3) is 0 Å². The third-order valence-corrected chi connectivity index (χ3v) is 6.28. The SMILES string of the molecule is CC1CCCCN1C(=O)c1ccc(N2C(=O)C3CCCCC3C2=O)cc1. The number of amides is 3. The predicted octanol–water partition coefficient (Wildman–Crippen LogP) is 3.38. The van der Waals surface area contributed by atoms with Crippen molar-refractivity contribution in [3.63, 3.8) is 0 Å². The van der Waals surface area contributed by atoms with Crippen LogP contribution < -0.4 is 4.90 Å². The molecule has 3 fully saturated rings. The number of hydrogen-bond acceptors (Lipinski definition) is 3. The number of benzene rings is 1. The van der Waals surface area contributed by atoms with E-state index in [0.29, 0.717) is 11.3 Å². The van der Waals surface area contributed by atoms with E-state index < -0.39 is 0 Å².